The number of halogens is 1. The van der Waals surface area contributed by atoms with Gasteiger partial charge in [-0.1, -0.05) is 0 Å². The molecule has 1 aliphatic carbocycles. The van der Waals surface area contributed by atoms with E-state index < -0.39 is 0 Å². The van der Waals surface area contributed by atoms with Crippen LogP contribution in [-0.2, 0) is 11.2 Å². The number of hydrogen-bond acceptors (Lipinski definition) is 2. The van der Waals surface area contributed by atoms with Gasteiger partial charge in [0, 0.05) is 23.8 Å². The van der Waals surface area contributed by atoms with E-state index in [1.165, 1.54) is 17.7 Å². The van der Waals surface area contributed by atoms with Gasteiger partial charge in [-0.05, 0) is 49.4 Å². The normalized spacial score (nSPS) is 17.4. The van der Waals surface area contributed by atoms with Gasteiger partial charge in [0.2, 0.25) is 5.91 Å². The highest BCUT2D eigenvalue weighted by molar-refractivity contribution is 5.94. The first kappa shape index (κ1) is 12.2. The molecule has 3 rings (SSSR count). The molecule has 1 heterocycles. The third-order valence-electron chi connectivity index (χ3n) is 3.26. The van der Waals surface area contributed by atoms with Crippen LogP contribution >= 0.6 is 12.4 Å². The molecule has 4 heteroatoms. The van der Waals surface area contributed by atoms with Crippen molar-refractivity contribution in [2.45, 2.75) is 25.7 Å². The molecule has 2 N–H and O–H groups in total. The van der Waals surface area contributed by atoms with E-state index in [9.17, 15) is 4.79 Å². The van der Waals surface area contributed by atoms with Crippen LogP contribution in [0.4, 0.5) is 11.4 Å². The first-order valence-electron chi connectivity index (χ1n) is 6.00. The van der Waals surface area contributed by atoms with Crippen LogP contribution in [0, 0.1) is 5.92 Å². The molecule has 1 aromatic rings. The second kappa shape index (κ2) is 4.96. The topological polar surface area (TPSA) is 41.1 Å². The molecule has 1 saturated carbocycles. The van der Waals surface area contributed by atoms with Crippen molar-refractivity contribution in [2.75, 3.05) is 17.2 Å². The summed E-state index contributed by atoms with van der Waals surface area (Å²) in [5, 5.41) is 6.35. The molecule has 0 atom stereocenters. The molecule has 92 valence electrons. The molecule has 1 amide bonds. The number of benzene rings is 1. The molecule has 0 radical (unpaired) electrons. The van der Waals surface area contributed by atoms with E-state index in [2.05, 4.69) is 22.8 Å². The summed E-state index contributed by atoms with van der Waals surface area (Å²) in [5.41, 5.74) is 3.48. The van der Waals surface area contributed by atoms with Gasteiger partial charge in [0.15, 0.2) is 0 Å². The monoisotopic (exact) mass is 252 g/mol. The number of rotatable bonds is 2. The molecule has 0 spiro atoms. The van der Waals surface area contributed by atoms with Crippen molar-refractivity contribution in [3.63, 3.8) is 0 Å². The lowest BCUT2D eigenvalue weighted by Crippen LogP contribution is -2.15. The summed E-state index contributed by atoms with van der Waals surface area (Å²) in [7, 11) is 0. The molecule has 1 fully saturated rings. The molecule has 0 aromatic heterocycles. The Morgan fingerprint density at radius 3 is 2.94 bits per heavy atom. The van der Waals surface area contributed by atoms with E-state index in [-0.39, 0.29) is 24.2 Å². The average molecular weight is 253 g/mol. The summed E-state index contributed by atoms with van der Waals surface area (Å²) in [5.74, 6) is 0.456. The number of carbonyl (C=O) groups is 1. The summed E-state index contributed by atoms with van der Waals surface area (Å²) in [6.45, 7) is 1.06. The third-order valence-corrected chi connectivity index (χ3v) is 3.26. The molecule has 3 nitrogen and oxygen atoms in total. The second-order valence-corrected chi connectivity index (χ2v) is 4.67. The molecule has 17 heavy (non-hydrogen) atoms. The van der Waals surface area contributed by atoms with Gasteiger partial charge < -0.3 is 10.6 Å². The Bertz CT molecular complexity index is 429. The van der Waals surface area contributed by atoms with Crippen molar-refractivity contribution in [1.29, 1.82) is 0 Å². The minimum absolute atomic E-state index is 0. The van der Waals surface area contributed by atoms with Gasteiger partial charge in [0.1, 0.15) is 0 Å². The summed E-state index contributed by atoms with van der Waals surface area (Å²) < 4.78 is 0. The number of nitrogens with one attached hydrogen (secondary N) is 2. The van der Waals surface area contributed by atoms with Crippen LogP contribution in [0.3, 0.4) is 0 Å². The Hall–Kier alpha value is -1.22. The van der Waals surface area contributed by atoms with Crippen LogP contribution in [0.25, 0.3) is 0 Å². The molecular formula is C13H17ClN2O. The van der Waals surface area contributed by atoms with E-state index in [4.69, 9.17) is 0 Å². The lowest BCUT2D eigenvalue weighted by molar-refractivity contribution is -0.117. The summed E-state index contributed by atoms with van der Waals surface area (Å²) in [4.78, 5) is 11.6. The summed E-state index contributed by atoms with van der Waals surface area (Å²) >= 11 is 0. The molecule has 1 aliphatic heterocycles. The maximum atomic E-state index is 11.6. The smallest absolute Gasteiger partial charge is 0.227 e. The van der Waals surface area contributed by atoms with Crippen molar-refractivity contribution >= 4 is 29.7 Å². The Morgan fingerprint density at radius 1 is 1.35 bits per heavy atom. The van der Waals surface area contributed by atoms with Crippen molar-refractivity contribution in [2.24, 2.45) is 5.92 Å². The molecule has 2 aliphatic rings. The standard InChI is InChI=1S/C13H16N2O.ClH/c16-13(9-3-4-9)15-11-5-6-12-10(8-11)2-1-7-14-12;/h5-6,8-9,14H,1-4,7H2,(H,15,16);1H. The van der Waals surface area contributed by atoms with Crippen LogP contribution < -0.4 is 10.6 Å². The van der Waals surface area contributed by atoms with Gasteiger partial charge in [-0.2, -0.15) is 0 Å². The Kier molecular flexibility index (Phi) is 3.57. The SMILES string of the molecule is Cl.O=C(Nc1ccc2c(c1)CCCN2)C1CC1. The maximum Gasteiger partial charge on any atom is 0.227 e. The predicted molar refractivity (Wildman–Crippen MR) is 71.9 cm³/mol. The maximum absolute atomic E-state index is 11.6. The Morgan fingerprint density at radius 2 is 2.18 bits per heavy atom. The van der Waals surface area contributed by atoms with Gasteiger partial charge >= 0.3 is 0 Å². The van der Waals surface area contributed by atoms with Crippen LogP contribution in [0.1, 0.15) is 24.8 Å². The fraction of sp³-hybridized carbons (Fsp3) is 0.462. The highest BCUT2D eigenvalue weighted by Gasteiger charge is 2.29. The number of amides is 1. The average Bonchev–Trinajstić information content (AvgIpc) is 3.12. The number of carbonyl (C=O) groups excluding carboxylic acids is 1. The minimum atomic E-state index is 0. The first-order valence-corrected chi connectivity index (χ1v) is 6.00. The van der Waals surface area contributed by atoms with E-state index >= 15 is 0 Å². The van der Waals surface area contributed by atoms with Crippen molar-refractivity contribution < 1.29 is 4.79 Å². The minimum Gasteiger partial charge on any atom is -0.385 e. The van der Waals surface area contributed by atoms with E-state index in [0.717, 1.165) is 31.5 Å². The lowest BCUT2D eigenvalue weighted by Gasteiger charge is -2.18. The van der Waals surface area contributed by atoms with Crippen LogP contribution in [-0.4, -0.2) is 12.5 Å². The molecule has 1 aromatic carbocycles. The van der Waals surface area contributed by atoms with Crippen molar-refractivity contribution in [3.8, 4) is 0 Å². The van der Waals surface area contributed by atoms with E-state index in [1.807, 2.05) is 6.07 Å². The zero-order valence-electron chi connectivity index (χ0n) is 9.66. The molecule has 0 bridgehead atoms. The third kappa shape index (κ3) is 2.72. The zero-order valence-corrected chi connectivity index (χ0v) is 10.5. The largest absolute Gasteiger partial charge is 0.385 e. The first-order chi connectivity index (χ1) is 7.83. The number of hydrogen-bond donors (Lipinski definition) is 2. The van der Waals surface area contributed by atoms with Gasteiger partial charge in [-0.15, -0.1) is 12.4 Å². The molecular weight excluding hydrogens is 236 g/mol. The van der Waals surface area contributed by atoms with Crippen molar-refractivity contribution in [3.05, 3.63) is 23.8 Å². The highest BCUT2D eigenvalue weighted by atomic mass is 35.5. The highest BCUT2D eigenvalue weighted by Crippen LogP contribution is 2.31. The number of fused-ring (bicyclic) bond motifs is 1. The number of aryl methyl sites for hydroxylation is 1. The van der Waals surface area contributed by atoms with Crippen LogP contribution in [0.5, 0.6) is 0 Å². The molecule has 0 saturated heterocycles. The van der Waals surface area contributed by atoms with Gasteiger partial charge in [-0.3, -0.25) is 4.79 Å². The quantitative estimate of drug-likeness (QED) is 0.850. The van der Waals surface area contributed by atoms with Gasteiger partial charge in [-0.25, -0.2) is 0 Å². The Labute approximate surface area is 107 Å². The fourth-order valence-corrected chi connectivity index (χ4v) is 2.14. The zero-order chi connectivity index (χ0) is 11.0. The number of anilines is 2. The van der Waals surface area contributed by atoms with E-state index in [1.54, 1.807) is 0 Å². The summed E-state index contributed by atoms with van der Waals surface area (Å²) in [6, 6.07) is 6.15. The fourth-order valence-electron chi connectivity index (χ4n) is 2.14. The van der Waals surface area contributed by atoms with Crippen LogP contribution in [0.2, 0.25) is 0 Å². The lowest BCUT2D eigenvalue weighted by atomic mass is 10.0. The van der Waals surface area contributed by atoms with E-state index in [0.29, 0.717) is 0 Å². The summed E-state index contributed by atoms with van der Waals surface area (Å²) in [6.07, 6.45) is 4.39. The van der Waals surface area contributed by atoms with Crippen molar-refractivity contribution in [1.82, 2.24) is 0 Å². The van der Waals surface area contributed by atoms with Gasteiger partial charge in [0.05, 0.1) is 0 Å². The molecule has 0 unspecified atom stereocenters. The predicted octanol–water partition coefficient (Wildman–Crippen LogP) is 2.82. The second-order valence-electron chi connectivity index (χ2n) is 4.67. The van der Waals surface area contributed by atoms with Gasteiger partial charge in [0.25, 0.3) is 0 Å². The Balaban J connectivity index is 0.00000108. The van der Waals surface area contributed by atoms with Crippen LogP contribution in [0.15, 0.2) is 18.2 Å².